The minimum absolute atomic E-state index is 0.119. The second-order valence-electron chi connectivity index (χ2n) is 4.52. The lowest BCUT2D eigenvalue weighted by Gasteiger charge is -2.15. The first-order valence-corrected chi connectivity index (χ1v) is 6.40. The molecule has 0 aliphatic heterocycles. The van der Waals surface area contributed by atoms with Gasteiger partial charge >= 0.3 is 5.97 Å². The molecule has 4 nitrogen and oxygen atoms in total. The third-order valence-corrected chi connectivity index (χ3v) is 2.95. The smallest absolute Gasteiger partial charge is 0.305 e. The van der Waals surface area contributed by atoms with Gasteiger partial charge in [-0.05, 0) is 11.6 Å². The van der Waals surface area contributed by atoms with E-state index in [0.29, 0.717) is 17.9 Å². The number of hydrogen-bond acceptors (Lipinski definition) is 3. The van der Waals surface area contributed by atoms with Crippen molar-refractivity contribution >= 4 is 5.97 Å². The molecule has 20 heavy (non-hydrogen) atoms. The molecule has 2 rings (SSSR count). The number of carboxylic acids is 1. The van der Waals surface area contributed by atoms with Crippen LogP contribution < -0.4 is 10.5 Å². The quantitative estimate of drug-likeness (QED) is 0.847. The average Bonchev–Trinajstić information content (AvgIpc) is 2.46. The van der Waals surface area contributed by atoms with Gasteiger partial charge in [0.15, 0.2) is 0 Å². The van der Waals surface area contributed by atoms with Crippen LogP contribution >= 0.6 is 0 Å². The van der Waals surface area contributed by atoms with Gasteiger partial charge in [0.25, 0.3) is 0 Å². The van der Waals surface area contributed by atoms with Crippen LogP contribution in [0.4, 0.5) is 0 Å². The average molecular weight is 271 g/mol. The molecular formula is C16H17NO3. The molecule has 0 aliphatic carbocycles. The summed E-state index contributed by atoms with van der Waals surface area (Å²) >= 11 is 0. The minimum atomic E-state index is -0.921. The van der Waals surface area contributed by atoms with E-state index in [1.165, 1.54) is 0 Å². The molecule has 0 amide bonds. The fraction of sp³-hybridized carbons (Fsp3) is 0.188. The summed E-state index contributed by atoms with van der Waals surface area (Å²) in [5.74, 6) is -0.291. The van der Waals surface area contributed by atoms with Gasteiger partial charge in [-0.2, -0.15) is 0 Å². The lowest BCUT2D eigenvalue weighted by molar-refractivity contribution is -0.137. The van der Waals surface area contributed by atoms with Gasteiger partial charge in [0, 0.05) is 11.6 Å². The molecule has 0 bridgehead atoms. The van der Waals surface area contributed by atoms with Crippen LogP contribution in [0.1, 0.15) is 23.6 Å². The van der Waals surface area contributed by atoms with Crippen LogP contribution in [0.5, 0.6) is 5.75 Å². The maximum absolute atomic E-state index is 10.8. The third-order valence-electron chi connectivity index (χ3n) is 2.95. The molecule has 0 saturated heterocycles. The molecule has 2 aromatic rings. The minimum Gasteiger partial charge on any atom is -0.489 e. The Bertz CT molecular complexity index is 569. The molecule has 0 heterocycles. The van der Waals surface area contributed by atoms with E-state index in [2.05, 4.69) is 0 Å². The van der Waals surface area contributed by atoms with E-state index in [4.69, 9.17) is 15.6 Å². The van der Waals surface area contributed by atoms with Crippen molar-refractivity contribution in [2.45, 2.75) is 19.1 Å². The first-order valence-electron chi connectivity index (χ1n) is 6.40. The number of nitrogens with two attached hydrogens (primary N) is 1. The van der Waals surface area contributed by atoms with Crippen molar-refractivity contribution in [3.05, 3.63) is 65.7 Å². The van der Waals surface area contributed by atoms with Gasteiger partial charge in [-0.1, -0.05) is 48.5 Å². The van der Waals surface area contributed by atoms with E-state index in [0.717, 1.165) is 5.56 Å². The Balaban J connectivity index is 2.09. The van der Waals surface area contributed by atoms with Crippen molar-refractivity contribution < 1.29 is 14.6 Å². The van der Waals surface area contributed by atoms with Crippen molar-refractivity contribution in [2.24, 2.45) is 5.73 Å². The van der Waals surface area contributed by atoms with Crippen LogP contribution in [0.3, 0.4) is 0 Å². The lowest BCUT2D eigenvalue weighted by Crippen LogP contribution is -2.16. The number of aliphatic carboxylic acids is 1. The second kappa shape index (κ2) is 6.73. The Morgan fingerprint density at radius 3 is 2.45 bits per heavy atom. The van der Waals surface area contributed by atoms with Crippen molar-refractivity contribution in [1.29, 1.82) is 0 Å². The highest BCUT2D eigenvalue weighted by atomic mass is 16.5. The highest BCUT2D eigenvalue weighted by Gasteiger charge is 2.15. The monoisotopic (exact) mass is 271 g/mol. The van der Waals surface area contributed by atoms with Crippen molar-refractivity contribution in [2.75, 3.05) is 0 Å². The van der Waals surface area contributed by atoms with E-state index >= 15 is 0 Å². The zero-order valence-corrected chi connectivity index (χ0v) is 11.0. The Morgan fingerprint density at radius 2 is 1.75 bits per heavy atom. The van der Waals surface area contributed by atoms with Gasteiger partial charge in [0.2, 0.25) is 0 Å². The predicted molar refractivity (Wildman–Crippen MR) is 76.4 cm³/mol. The molecule has 0 fully saturated rings. The van der Waals surface area contributed by atoms with Crippen LogP contribution in [0.25, 0.3) is 0 Å². The molecule has 3 N–H and O–H groups in total. The van der Waals surface area contributed by atoms with Gasteiger partial charge in [0.05, 0.1) is 6.42 Å². The van der Waals surface area contributed by atoms with Gasteiger partial charge in [0.1, 0.15) is 12.4 Å². The molecule has 0 spiro atoms. The summed E-state index contributed by atoms with van der Waals surface area (Å²) < 4.78 is 5.75. The highest BCUT2D eigenvalue weighted by molar-refractivity contribution is 5.68. The van der Waals surface area contributed by atoms with Crippen molar-refractivity contribution in [1.82, 2.24) is 0 Å². The Kier molecular flexibility index (Phi) is 4.74. The number of carbonyl (C=O) groups is 1. The summed E-state index contributed by atoms with van der Waals surface area (Å²) in [6.45, 7) is 0.428. The molecule has 0 saturated carbocycles. The van der Waals surface area contributed by atoms with E-state index in [1.807, 2.05) is 42.5 Å². The fourth-order valence-electron chi connectivity index (χ4n) is 1.95. The summed E-state index contributed by atoms with van der Waals surface area (Å²) in [6.07, 6.45) is -0.119. The Labute approximate surface area is 117 Å². The van der Waals surface area contributed by atoms with Gasteiger partial charge < -0.3 is 15.6 Å². The number of ether oxygens (including phenoxy) is 1. The molecule has 4 heteroatoms. The lowest BCUT2D eigenvalue weighted by atomic mass is 10.0. The maximum atomic E-state index is 10.8. The summed E-state index contributed by atoms with van der Waals surface area (Å²) in [7, 11) is 0. The van der Waals surface area contributed by atoms with Crippen molar-refractivity contribution in [3.63, 3.8) is 0 Å². The molecular weight excluding hydrogens is 254 g/mol. The molecule has 2 aromatic carbocycles. The molecule has 104 valence electrons. The second-order valence-corrected chi connectivity index (χ2v) is 4.52. The summed E-state index contributed by atoms with van der Waals surface area (Å²) in [5.41, 5.74) is 7.67. The van der Waals surface area contributed by atoms with Gasteiger partial charge in [-0.15, -0.1) is 0 Å². The van der Waals surface area contributed by atoms with Crippen LogP contribution in [-0.4, -0.2) is 11.1 Å². The first-order chi connectivity index (χ1) is 9.66. The Morgan fingerprint density at radius 1 is 1.10 bits per heavy atom. The van der Waals surface area contributed by atoms with Gasteiger partial charge in [-0.3, -0.25) is 4.79 Å². The summed E-state index contributed by atoms with van der Waals surface area (Å²) in [4.78, 5) is 10.8. The number of benzene rings is 2. The third kappa shape index (κ3) is 3.83. The number of rotatable bonds is 6. The van der Waals surface area contributed by atoms with E-state index in [-0.39, 0.29) is 6.42 Å². The van der Waals surface area contributed by atoms with Crippen molar-refractivity contribution in [3.8, 4) is 5.75 Å². The van der Waals surface area contributed by atoms with Crippen LogP contribution in [0.15, 0.2) is 54.6 Å². The number of para-hydroxylation sites is 1. The SMILES string of the molecule is NC(CC(=O)O)c1ccccc1OCc1ccccc1. The normalized spacial score (nSPS) is 11.8. The summed E-state index contributed by atoms with van der Waals surface area (Å²) in [5, 5.41) is 8.82. The van der Waals surface area contributed by atoms with E-state index in [1.54, 1.807) is 12.1 Å². The fourth-order valence-corrected chi connectivity index (χ4v) is 1.95. The zero-order chi connectivity index (χ0) is 14.4. The molecule has 1 atom stereocenters. The van der Waals surface area contributed by atoms with Crippen LogP contribution in [-0.2, 0) is 11.4 Å². The molecule has 0 aromatic heterocycles. The maximum Gasteiger partial charge on any atom is 0.305 e. The van der Waals surface area contributed by atoms with Crippen LogP contribution in [0.2, 0.25) is 0 Å². The Hall–Kier alpha value is -2.33. The van der Waals surface area contributed by atoms with E-state index in [9.17, 15) is 4.79 Å². The molecule has 0 aliphatic rings. The largest absolute Gasteiger partial charge is 0.489 e. The van der Waals surface area contributed by atoms with Gasteiger partial charge in [-0.25, -0.2) is 0 Å². The molecule has 0 radical (unpaired) electrons. The predicted octanol–water partition coefficient (Wildman–Crippen LogP) is 2.74. The number of hydrogen-bond donors (Lipinski definition) is 2. The number of carboxylic acid groups (broad SMARTS) is 1. The van der Waals surface area contributed by atoms with Crippen LogP contribution in [0, 0.1) is 0 Å². The highest BCUT2D eigenvalue weighted by Crippen LogP contribution is 2.26. The topological polar surface area (TPSA) is 72.6 Å². The summed E-state index contributed by atoms with van der Waals surface area (Å²) in [6, 6.07) is 16.5. The standard InChI is InChI=1S/C16H17NO3/c17-14(10-16(18)19)13-8-4-5-9-15(13)20-11-12-6-2-1-3-7-12/h1-9,14H,10-11,17H2,(H,18,19). The van der Waals surface area contributed by atoms with E-state index < -0.39 is 12.0 Å². The molecule has 1 unspecified atom stereocenters. The zero-order valence-electron chi connectivity index (χ0n) is 11.0. The first kappa shape index (κ1) is 14.1.